The minimum absolute atomic E-state index is 0.147. The highest BCUT2D eigenvalue weighted by Crippen LogP contribution is 2.20. The number of nitrogens with one attached hydrogen (secondary N) is 2. The van der Waals surface area contributed by atoms with Gasteiger partial charge in [-0.05, 0) is 25.8 Å². The van der Waals surface area contributed by atoms with Crippen molar-refractivity contribution in [3.63, 3.8) is 0 Å². The van der Waals surface area contributed by atoms with Gasteiger partial charge in [0, 0.05) is 31.9 Å². The van der Waals surface area contributed by atoms with E-state index in [2.05, 4.69) is 20.4 Å². The lowest BCUT2D eigenvalue weighted by Gasteiger charge is -2.13. The summed E-state index contributed by atoms with van der Waals surface area (Å²) >= 11 is 0. The number of para-hydroxylation sites is 1. The minimum atomic E-state index is -2.85. The van der Waals surface area contributed by atoms with Crippen molar-refractivity contribution in [3.05, 3.63) is 29.8 Å². The van der Waals surface area contributed by atoms with E-state index in [9.17, 15) is 8.78 Å². The molecule has 1 fully saturated rings. The Morgan fingerprint density at radius 2 is 2.19 bits per heavy atom. The summed E-state index contributed by atoms with van der Waals surface area (Å²) in [6, 6.07) is 6.67. The summed E-state index contributed by atoms with van der Waals surface area (Å²) in [6.45, 7) is 2.88. The molecule has 0 bridgehead atoms. The third-order valence-electron chi connectivity index (χ3n) is 3.80. The third-order valence-corrected chi connectivity index (χ3v) is 3.80. The molecule has 1 atom stereocenters. The van der Waals surface area contributed by atoms with Crippen LogP contribution < -0.4 is 15.4 Å². The van der Waals surface area contributed by atoms with Crippen molar-refractivity contribution >= 4 is 5.96 Å². The molecule has 6 nitrogen and oxygen atoms in total. The molecule has 0 amide bonds. The molecule has 1 aromatic carbocycles. The summed E-state index contributed by atoms with van der Waals surface area (Å²) in [4.78, 5) is 4.44. The summed E-state index contributed by atoms with van der Waals surface area (Å²) in [5, 5.41) is 6.35. The normalized spacial score (nSPS) is 17.5. The van der Waals surface area contributed by atoms with Crippen LogP contribution in [0.15, 0.2) is 29.3 Å². The van der Waals surface area contributed by atoms with Gasteiger partial charge in [0.2, 0.25) is 0 Å². The molecule has 0 saturated carbocycles. The van der Waals surface area contributed by atoms with E-state index in [-0.39, 0.29) is 18.4 Å². The summed E-state index contributed by atoms with van der Waals surface area (Å²) in [5.74, 6) is 0.776. The fourth-order valence-corrected chi connectivity index (χ4v) is 2.52. The minimum Gasteiger partial charge on any atom is -0.434 e. The Labute approximate surface area is 152 Å². The van der Waals surface area contributed by atoms with Gasteiger partial charge < -0.3 is 24.8 Å². The highest BCUT2D eigenvalue weighted by molar-refractivity contribution is 5.79. The number of nitrogens with zero attached hydrogens (tertiary/aromatic N) is 1. The van der Waals surface area contributed by atoms with Crippen molar-refractivity contribution in [2.45, 2.75) is 39.0 Å². The van der Waals surface area contributed by atoms with Crippen LogP contribution in [0.2, 0.25) is 0 Å². The predicted octanol–water partition coefficient (Wildman–Crippen LogP) is 2.54. The van der Waals surface area contributed by atoms with Gasteiger partial charge in [-0.15, -0.1) is 0 Å². The van der Waals surface area contributed by atoms with Gasteiger partial charge in [-0.3, -0.25) is 0 Å². The molecule has 1 saturated heterocycles. The standard InChI is InChI=1S/C18H27F2N3O3/c1-2-21-18(22-9-5-10-25-15-8-11-24-13-15)23-12-14-6-3-4-7-16(14)26-17(19)20/h3-4,6-7,15,17H,2,5,8-13H2,1H3,(H2,21,22,23). The maximum Gasteiger partial charge on any atom is 0.387 e. The number of guanidine groups is 1. The van der Waals surface area contributed by atoms with Gasteiger partial charge in [0.05, 0.1) is 19.3 Å². The molecule has 146 valence electrons. The first kappa shape index (κ1) is 20.4. The second kappa shape index (κ2) is 11.6. The first-order chi connectivity index (χ1) is 12.7. The van der Waals surface area contributed by atoms with Gasteiger partial charge >= 0.3 is 6.61 Å². The zero-order valence-electron chi connectivity index (χ0n) is 15.0. The van der Waals surface area contributed by atoms with E-state index in [1.54, 1.807) is 18.2 Å². The summed E-state index contributed by atoms with van der Waals surface area (Å²) in [7, 11) is 0. The smallest absolute Gasteiger partial charge is 0.387 e. The maximum atomic E-state index is 12.5. The molecule has 1 unspecified atom stereocenters. The molecule has 1 aliphatic rings. The lowest BCUT2D eigenvalue weighted by molar-refractivity contribution is -0.0504. The van der Waals surface area contributed by atoms with Crippen molar-refractivity contribution in [1.29, 1.82) is 0 Å². The zero-order chi connectivity index (χ0) is 18.6. The fourth-order valence-electron chi connectivity index (χ4n) is 2.52. The van der Waals surface area contributed by atoms with Gasteiger partial charge in [0.1, 0.15) is 5.75 Å². The molecule has 0 spiro atoms. The van der Waals surface area contributed by atoms with Gasteiger partial charge in [-0.25, -0.2) is 4.99 Å². The molecular formula is C18H27F2N3O3. The first-order valence-electron chi connectivity index (χ1n) is 8.93. The second-order valence-electron chi connectivity index (χ2n) is 5.82. The van der Waals surface area contributed by atoms with Gasteiger partial charge in [-0.1, -0.05) is 18.2 Å². The number of hydrogen-bond acceptors (Lipinski definition) is 4. The van der Waals surface area contributed by atoms with Crippen molar-refractivity contribution < 1.29 is 23.0 Å². The molecule has 0 radical (unpaired) electrons. The van der Waals surface area contributed by atoms with E-state index in [0.717, 1.165) is 19.4 Å². The molecule has 0 aromatic heterocycles. The Hall–Kier alpha value is -1.93. The van der Waals surface area contributed by atoms with E-state index in [0.29, 0.717) is 37.8 Å². The second-order valence-corrected chi connectivity index (χ2v) is 5.82. The predicted molar refractivity (Wildman–Crippen MR) is 95.7 cm³/mol. The number of hydrogen-bond donors (Lipinski definition) is 2. The fraction of sp³-hybridized carbons (Fsp3) is 0.611. The Kier molecular flexibility index (Phi) is 9.13. The van der Waals surface area contributed by atoms with Crippen LogP contribution in [-0.4, -0.2) is 51.6 Å². The third kappa shape index (κ3) is 7.53. The van der Waals surface area contributed by atoms with Crippen LogP contribution in [0.4, 0.5) is 8.78 Å². The monoisotopic (exact) mass is 371 g/mol. The van der Waals surface area contributed by atoms with Crippen LogP contribution in [0.1, 0.15) is 25.3 Å². The number of ether oxygens (including phenoxy) is 3. The largest absolute Gasteiger partial charge is 0.434 e. The van der Waals surface area contributed by atoms with Crippen LogP contribution in [-0.2, 0) is 16.0 Å². The topological polar surface area (TPSA) is 64.1 Å². The number of aliphatic imine (C=N–C) groups is 1. The molecule has 26 heavy (non-hydrogen) atoms. The van der Waals surface area contributed by atoms with Crippen molar-refractivity contribution in [3.8, 4) is 5.75 Å². The van der Waals surface area contributed by atoms with Crippen LogP contribution in [0, 0.1) is 0 Å². The van der Waals surface area contributed by atoms with E-state index in [1.165, 1.54) is 6.07 Å². The van der Waals surface area contributed by atoms with Crippen LogP contribution in [0.3, 0.4) is 0 Å². The molecule has 1 heterocycles. The molecular weight excluding hydrogens is 344 g/mol. The number of rotatable bonds is 10. The summed E-state index contributed by atoms with van der Waals surface area (Å²) in [6.07, 6.45) is 2.01. The molecule has 2 N–H and O–H groups in total. The lowest BCUT2D eigenvalue weighted by atomic mass is 10.2. The van der Waals surface area contributed by atoms with Gasteiger partial charge in [0.25, 0.3) is 0 Å². The molecule has 1 aliphatic heterocycles. The number of benzene rings is 1. The number of halogens is 2. The van der Waals surface area contributed by atoms with E-state index in [1.807, 2.05) is 6.92 Å². The van der Waals surface area contributed by atoms with Crippen LogP contribution in [0.25, 0.3) is 0 Å². The van der Waals surface area contributed by atoms with Crippen molar-refractivity contribution in [2.24, 2.45) is 4.99 Å². The summed E-state index contributed by atoms with van der Waals surface area (Å²) < 4.78 is 40.4. The Morgan fingerprint density at radius 1 is 1.35 bits per heavy atom. The first-order valence-corrected chi connectivity index (χ1v) is 8.93. The quantitative estimate of drug-likeness (QED) is 0.376. The Morgan fingerprint density at radius 3 is 2.92 bits per heavy atom. The number of alkyl halides is 2. The Bertz CT molecular complexity index is 552. The van der Waals surface area contributed by atoms with Crippen LogP contribution in [0.5, 0.6) is 5.75 Å². The maximum absolute atomic E-state index is 12.5. The van der Waals surface area contributed by atoms with Crippen LogP contribution >= 0.6 is 0 Å². The summed E-state index contributed by atoms with van der Waals surface area (Å²) in [5.41, 5.74) is 0.606. The zero-order valence-corrected chi connectivity index (χ0v) is 15.0. The lowest BCUT2D eigenvalue weighted by Crippen LogP contribution is -2.38. The molecule has 8 heteroatoms. The highest BCUT2D eigenvalue weighted by Gasteiger charge is 2.15. The Balaban J connectivity index is 1.78. The van der Waals surface area contributed by atoms with Crippen molar-refractivity contribution in [2.75, 3.05) is 32.9 Å². The van der Waals surface area contributed by atoms with Crippen molar-refractivity contribution in [1.82, 2.24) is 10.6 Å². The van der Waals surface area contributed by atoms with Gasteiger partial charge in [0.15, 0.2) is 5.96 Å². The van der Waals surface area contributed by atoms with Gasteiger partial charge in [-0.2, -0.15) is 8.78 Å². The molecule has 1 aromatic rings. The van der Waals surface area contributed by atoms with E-state index < -0.39 is 6.61 Å². The average Bonchev–Trinajstić information content (AvgIpc) is 3.13. The van der Waals surface area contributed by atoms with E-state index >= 15 is 0 Å². The highest BCUT2D eigenvalue weighted by atomic mass is 19.3. The van der Waals surface area contributed by atoms with E-state index in [4.69, 9.17) is 9.47 Å². The molecule has 0 aliphatic carbocycles. The molecule has 2 rings (SSSR count). The SMILES string of the molecule is CCNC(=NCc1ccccc1OC(F)F)NCCCOC1CCOC1. The average molecular weight is 371 g/mol.